The van der Waals surface area contributed by atoms with Gasteiger partial charge in [-0.2, -0.15) is 0 Å². The Bertz CT molecular complexity index is 1440. The fraction of sp³-hybridized carbons (Fsp3) is 0.261. The molecule has 11 heteroatoms. The first kappa shape index (κ1) is 22.1. The first-order valence-electron chi connectivity index (χ1n) is 10.8. The Morgan fingerprint density at radius 2 is 2.18 bits per heavy atom. The van der Waals surface area contributed by atoms with E-state index in [0.29, 0.717) is 39.6 Å². The summed E-state index contributed by atoms with van der Waals surface area (Å²) in [6.07, 6.45) is 3.66. The van der Waals surface area contributed by atoms with Crippen LogP contribution < -0.4 is 11.1 Å². The minimum atomic E-state index is -0.594. The zero-order chi connectivity index (χ0) is 24.0. The lowest BCUT2D eigenvalue weighted by molar-refractivity contribution is -0.250. The van der Waals surface area contributed by atoms with Gasteiger partial charge in [0.05, 0.1) is 40.4 Å². The maximum absolute atomic E-state index is 13.3. The SMILES string of the molecule is CCC1CON1C(=O)c1nc([C@H](C)Nc2ncnc3[nH]cc(C(N)=O)c23)cc2cccc(Cl)c12. The molecule has 0 saturated carbocycles. The largest absolute Gasteiger partial charge is 0.366 e. The van der Waals surface area contributed by atoms with Gasteiger partial charge in [0.2, 0.25) is 0 Å². The minimum absolute atomic E-state index is 0.00107. The monoisotopic (exact) mass is 479 g/mol. The number of halogens is 1. The molecule has 34 heavy (non-hydrogen) atoms. The van der Waals surface area contributed by atoms with Gasteiger partial charge in [0, 0.05) is 11.6 Å². The van der Waals surface area contributed by atoms with Crippen LogP contribution in [0, 0.1) is 0 Å². The molecule has 4 aromatic rings. The lowest BCUT2D eigenvalue weighted by atomic mass is 10.0. The van der Waals surface area contributed by atoms with E-state index in [1.165, 1.54) is 17.6 Å². The Kier molecular flexibility index (Phi) is 5.54. The van der Waals surface area contributed by atoms with E-state index >= 15 is 0 Å². The van der Waals surface area contributed by atoms with Gasteiger partial charge in [0.15, 0.2) is 0 Å². The molecule has 1 aliphatic rings. The molecule has 0 bridgehead atoms. The normalized spacial score (nSPS) is 16.4. The summed E-state index contributed by atoms with van der Waals surface area (Å²) in [7, 11) is 0. The van der Waals surface area contributed by atoms with Gasteiger partial charge in [-0.05, 0) is 30.9 Å². The van der Waals surface area contributed by atoms with E-state index in [4.69, 9.17) is 27.2 Å². The standard InChI is InChI=1S/C23H22ClN7O3/c1-3-13-9-34-31(13)23(33)19-17-12(5-4-6-15(17)24)7-16(30-19)11(2)29-22-18-14(20(25)32)8-26-21(18)27-10-28-22/h4-8,10-11,13H,3,9H2,1-2H3,(H2,25,32)(H2,26,27,28,29)/t11-,13?/m0/s1. The van der Waals surface area contributed by atoms with Crippen LogP contribution in [0.15, 0.2) is 36.8 Å². The van der Waals surface area contributed by atoms with Crippen molar-refractivity contribution in [2.24, 2.45) is 5.73 Å². The molecule has 1 aliphatic heterocycles. The molecule has 174 valence electrons. The van der Waals surface area contributed by atoms with Crippen molar-refractivity contribution >= 4 is 51.0 Å². The van der Waals surface area contributed by atoms with Crippen LogP contribution in [0.4, 0.5) is 5.82 Å². The number of anilines is 1. The van der Waals surface area contributed by atoms with E-state index in [9.17, 15) is 9.59 Å². The van der Waals surface area contributed by atoms with Crippen molar-refractivity contribution in [2.45, 2.75) is 32.4 Å². The third-order valence-corrected chi connectivity index (χ3v) is 6.29. The van der Waals surface area contributed by atoms with E-state index in [1.54, 1.807) is 6.07 Å². The summed E-state index contributed by atoms with van der Waals surface area (Å²) >= 11 is 6.47. The molecule has 2 atom stereocenters. The number of H-pyrrole nitrogens is 1. The lowest BCUT2D eigenvalue weighted by Gasteiger charge is -2.38. The number of hydrogen-bond donors (Lipinski definition) is 3. The molecule has 2 amide bonds. The molecule has 1 fully saturated rings. The number of amides is 2. The summed E-state index contributed by atoms with van der Waals surface area (Å²) in [6.45, 7) is 4.37. The predicted molar refractivity (Wildman–Crippen MR) is 127 cm³/mol. The van der Waals surface area contributed by atoms with Gasteiger partial charge < -0.3 is 16.0 Å². The number of primary amides is 1. The number of carbonyl (C=O) groups excluding carboxylic acids is 2. The molecule has 0 radical (unpaired) electrons. The van der Waals surface area contributed by atoms with Crippen LogP contribution in [0.2, 0.25) is 5.02 Å². The average Bonchev–Trinajstić information content (AvgIpc) is 3.24. The zero-order valence-electron chi connectivity index (χ0n) is 18.5. The number of fused-ring (bicyclic) bond motifs is 2. The highest BCUT2D eigenvalue weighted by Gasteiger charge is 2.35. The highest BCUT2D eigenvalue weighted by atomic mass is 35.5. The Labute approximate surface area is 199 Å². The quantitative estimate of drug-likeness (QED) is 0.384. The van der Waals surface area contributed by atoms with Crippen LogP contribution in [0.5, 0.6) is 0 Å². The fourth-order valence-corrected chi connectivity index (χ4v) is 4.35. The Morgan fingerprint density at radius 1 is 1.35 bits per heavy atom. The van der Waals surface area contributed by atoms with Crippen molar-refractivity contribution in [3.63, 3.8) is 0 Å². The van der Waals surface area contributed by atoms with Gasteiger partial charge in [-0.3, -0.25) is 14.4 Å². The number of aromatic amines is 1. The van der Waals surface area contributed by atoms with Crippen molar-refractivity contribution in [3.05, 3.63) is 58.8 Å². The molecule has 3 aromatic heterocycles. The van der Waals surface area contributed by atoms with Gasteiger partial charge in [-0.1, -0.05) is 30.7 Å². The smallest absolute Gasteiger partial charge is 0.297 e. The zero-order valence-corrected chi connectivity index (χ0v) is 19.3. The van der Waals surface area contributed by atoms with Crippen molar-refractivity contribution in [3.8, 4) is 0 Å². The molecule has 4 heterocycles. The highest BCUT2D eigenvalue weighted by molar-refractivity contribution is 6.36. The molecular weight excluding hydrogens is 458 g/mol. The van der Waals surface area contributed by atoms with Crippen molar-refractivity contribution < 1.29 is 14.4 Å². The molecular formula is C23H22ClN7O3. The fourth-order valence-electron chi connectivity index (χ4n) is 4.08. The third-order valence-electron chi connectivity index (χ3n) is 5.97. The van der Waals surface area contributed by atoms with Crippen LogP contribution in [0.1, 0.15) is 52.9 Å². The second kappa shape index (κ2) is 8.54. The molecule has 5 rings (SSSR count). The number of hydroxylamine groups is 2. The Hall–Kier alpha value is -3.76. The highest BCUT2D eigenvalue weighted by Crippen LogP contribution is 2.32. The van der Waals surface area contributed by atoms with E-state index in [-0.39, 0.29) is 29.2 Å². The molecule has 1 aromatic carbocycles. The molecule has 4 N–H and O–H groups in total. The molecule has 1 unspecified atom stereocenters. The van der Waals surface area contributed by atoms with Gasteiger partial charge in [-0.15, -0.1) is 0 Å². The first-order chi connectivity index (χ1) is 16.4. The Balaban J connectivity index is 1.57. The van der Waals surface area contributed by atoms with Crippen molar-refractivity contribution in [2.75, 3.05) is 11.9 Å². The van der Waals surface area contributed by atoms with E-state index in [1.807, 2.05) is 32.0 Å². The summed E-state index contributed by atoms with van der Waals surface area (Å²) in [4.78, 5) is 46.7. The van der Waals surface area contributed by atoms with E-state index in [2.05, 4.69) is 20.3 Å². The van der Waals surface area contributed by atoms with Crippen LogP contribution in [-0.2, 0) is 4.84 Å². The number of pyridine rings is 1. The summed E-state index contributed by atoms with van der Waals surface area (Å²) < 4.78 is 0. The Morgan fingerprint density at radius 3 is 2.88 bits per heavy atom. The predicted octanol–water partition coefficient (Wildman–Crippen LogP) is 3.60. The second-order valence-corrected chi connectivity index (χ2v) is 8.51. The van der Waals surface area contributed by atoms with Gasteiger partial charge in [-0.25, -0.2) is 20.0 Å². The minimum Gasteiger partial charge on any atom is -0.366 e. The van der Waals surface area contributed by atoms with Crippen LogP contribution in [-0.4, -0.2) is 49.5 Å². The number of hydrogen-bond acceptors (Lipinski definition) is 7. The molecule has 0 aliphatic carbocycles. The third kappa shape index (κ3) is 3.61. The van der Waals surface area contributed by atoms with Crippen molar-refractivity contribution in [1.29, 1.82) is 0 Å². The second-order valence-electron chi connectivity index (χ2n) is 8.10. The van der Waals surface area contributed by atoms with Crippen LogP contribution in [0.25, 0.3) is 21.8 Å². The number of nitrogens with one attached hydrogen (secondary N) is 2. The van der Waals surface area contributed by atoms with Crippen molar-refractivity contribution in [1.82, 2.24) is 25.0 Å². The topological polar surface area (TPSA) is 139 Å². The number of aromatic nitrogens is 4. The number of benzene rings is 1. The van der Waals surface area contributed by atoms with E-state index < -0.39 is 5.91 Å². The summed E-state index contributed by atoms with van der Waals surface area (Å²) in [5, 5.41) is 6.90. The first-order valence-corrected chi connectivity index (χ1v) is 11.2. The molecule has 1 saturated heterocycles. The van der Waals surface area contributed by atoms with Gasteiger partial charge >= 0.3 is 0 Å². The van der Waals surface area contributed by atoms with Crippen LogP contribution in [0.3, 0.4) is 0 Å². The summed E-state index contributed by atoms with van der Waals surface area (Å²) in [5.41, 5.74) is 7.08. The summed E-state index contributed by atoms with van der Waals surface area (Å²) in [6, 6.07) is 6.91. The van der Waals surface area contributed by atoms with Gasteiger partial charge in [0.1, 0.15) is 23.5 Å². The van der Waals surface area contributed by atoms with E-state index in [0.717, 1.165) is 11.8 Å². The molecule has 10 nitrogen and oxygen atoms in total. The lowest BCUT2D eigenvalue weighted by Crippen LogP contribution is -2.53. The number of nitrogens with zero attached hydrogens (tertiary/aromatic N) is 4. The maximum atomic E-state index is 13.3. The number of nitrogens with two attached hydrogens (primary N) is 1. The summed E-state index contributed by atoms with van der Waals surface area (Å²) in [5.74, 6) is -0.509. The maximum Gasteiger partial charge on any atom is 0.297 e. The molecule has 0 spiro atoms. The average molecular weight is 480 g/mol. The van der Waals surface area contributed by atoms with Gasteiger partial charge in [0.25, 0.3) is 11.8 Å². The van der Waals surface area contributed by atoms with Crippen LogP contribution >= 0.6 is 11.6 Å². The number of rotatable bonds is 6. The number of carbonyl (C=O) groups is 2.